The van der Waals surface area contributed by atoms with E-state index >= 15 is 0 Å². The van der Waals surface area contributed by atoms with Crippen LogP contribution in [-0.2, 0) is 4.74 Å². The summed E-state index contributed by atoms with van der Waals surface area (Å²) in [5.41, 5.74) is 10.1. The number of rotatable bonds is 7. The molecule has 6 heteroatoms. The minimum Gasteiger partial charge on any atom is -0.494 e. The van der Waals surface area contributed by atoms with Gasteiger partial charge in [0.2, 0.25) is 0 Å². The average Bonchev–Trinajstić information content (AvgIpc) is 2.71. The summed E-state index contributed by atoms with van der Waals surface area (Å²) in [5, 5.41) is 3.02. The van der Waals surface area contributed by atoms with Crippen molar-refractivity contribution in [3.63, 3.8) is 0 Å². The highest BCUT2D eigenvalue weighted by Crippen LogP contribution is 2.31. The van der Waals surface area contributed by atoms with E-state index in [1.165, 1.54) is 0 Å². The van der Waals surface area contributed by atoms with Crippen LogP contribution in [0.25, 0.3) is 0 Å². The smallest absolute Gasteiger partial charge is 0.255 e. The lowest BCUT2D eigenvalue weighted by Gasteiger charge is -2.30. The predicted octanol–water partition coefficient (Wildman–Crippen LogP) is 3.85. The van der Waals surface area contributed by atoms with E-state index in [0.717, 1.165) is 42.9 Å². The molecule has 0 bridgehead atoms. The van der Waals surface area contributed by atoms with Crippen LogP contribution in [0.4, 0.5) is 17.1 Å². The highest BCUT2D eigenvalue weighted by atomic mass is 16.5. The normalized spacial score (nSPS) is 14.0. The Balaban J connectivity index is 1.75. The van der Waals surface area contributed by atoms with Crippen molar-refractivity contribution in [3.05, 3.63) is 47.5 Å². The molecule has 0 atom stereocenters. The fourth-order valence-electron chi connectivity index (χ4n) is 3.19. The average molecular weight is 383 g/mol. The van der Waals surface area contributed by atoms with Crippen LogP contribution in [0.1, 0.15) is 35.7 Å². The van der Waals surface area contributed by atoms with Gasteiger partial charge < -0.3 is 25.4 Å². The van der Waals surface area contributed by atoms with E-state index in [0.29, 0.717) is 36.8 Å². The lowest BCUT2D eigenvalue weighted by atomic mass is 10.1. The Morgan fingerprint density at radius 3 is 2.79 bits per heavy atom. The number of amides is 1. The quantitative estimate of drug-likeness (QED) is 0.561. The minimum absolute atomic E-state index is 0.165. The zero-order valence-electron chi connectivity index (χ0n) is 16.7. The number of nitrogens with zero attached hydrogens (tertiary/aromatic N) is 1. The molecule has 0 radical (unpaired) electrons. The van der Waals surface area contributed by atoms with Crippen molar-refractivity contribution in [2.75, 3.05) is 48.9 Å². The summed E-state index contributed by atoms with van der Waals surface area (Å²) in [6.07, 6.45) is 2.06. The van der Waals surface area contributed by atoms with E-state index in [2.05, 4.69) is 17.1 Å². The summed E-state index contributed by atoms with van der Waals surface area (Å²) in [6, 6.07) is 11.1. The van der Waals surface area contributed by atoms with Crippen LogP contribution in [0.5, 0.6) is 5.75 Å². The summed E-state index contributed by atoms with van der Waals surface area (Å²) in [6.45, 7) is 7.66. The van der Waals surface area contributed by atoms with Gasteiger partial charge in [0.15, 0.2) is 0 Å². The maximum atomic E-state index is 12.8. The molecule has 1 fully saturated rings. The second kappa shape index (κ2) is 9.46. The largest absolute Gasteiger partial charge is 0.494 e. The van der Waals surface area contributed by atoms with Gasteiger partial charge in [0.25, 0.3) is 5.91 Å². The first kappa shape index (κ1) is 20.0. The van der Waals surface area contributed by atoms with Gasteiger partial charge in [-0.1, -0.05) is 19.4 Å². The minimum atomic E-state index is -0.165. The van der Waals surface area contributed by atoms with Crippen molar-refractivity contribution in [2.45, 2.75) is 26.7 Å². The van der Waals surface area contributed by atoms with E-state index in [1.807, 2.05) is 31.2 Å². The van der Waals surface area contributed by atoms with Crippen molar-refractivity contribution in [3.8, 4) is 5.75 Å². The summed E-state index contributed by atoms with van der Waals surface area (Å²) in [4.78, 5) is 15.0. The lowest BCUT2D eigenvalue weighted by Crippen LogP contribution is -2.36. The van der Waals surface area contributed by atoms with Crippen LogP contribution in [-0.4, -0.2) is 38.8 Å². The van der Waals surface area contributed by atoms with Crippen molar-refractivity contribution in [1.29, 1.82) is 0 Å². The van der Waals surface area contributed by atoms with E-state index in [-0.39, 0.29) is 5.91 Å². The first-order valence-electron chi connectivity index (χ1n) is 9.85. The van der Waals surface area contributed by atoms with Gasteiger partial charge in [0.1, 0.15) is 5.75 Å². The fraction of sp³-hybridized carbons (Fsp3) is 0.409. The molecular formula is C22H29N3O3. The molecule has 1 heterocycles. The molecule has 1 aliphatic heterocycles. The third kappa shape index (κ3) is 4.95. The molecule has 0 unspecified atom stereocenters. The summed E-state index contributed by atoms with van der Waals surface area (Å²) < 4.78 is 11.1. The lowest BCUT2D eigenvalue weighted by molar-refractivity contribution is 0.102. The zero-order chi connectivity index (χ0) is 19.9. The number of nitrogens with two attached hydrogens (primary N) is 1. The van der Waals surface area contributed by atoms with Gasteiger partial charge in [-0.05, 0) is 49.2 Å². The Hall–Kier alpha value is -2.73. The SMILES string of the molecule is CCCCOc1cccc(C(=O)Nc2cc(N3CCOCC3)c(N)cc2C)c1. The molecule has 1 amide bonds. The molecule has 3 N–H and O–H groups in total. The van der Waals surface area contributed by atoms with Crippen LogP contribution in [0.2, 0.25) is 0 Å². The number of hydrogen-bond donors (Lipinski definition) is 2. The van der Waals surface area contributed by atoms with E-state index in [4.69, 9.17) is 15.2 Å². The number of carbonyl (C=O) groups excluding carboxylic acids is 1. The van der Waals surface area contributed by atoms with Crippen LogP contribution < -0.4 is 20.7 Å². The van der Waals surface area contributed by atoms with Crippen molar-refractivity contribution >= 4 is 23.0 Å². The summed E-state index contributed by atoms with van der Waals surface area (Å²) >= 11 is 0. The molecule has 0 saturated carbocycles. The molecular weight excluding hydrogens is 354 g/mol. The molecule has 0 spiro atoms. The second-order valence-corrected chi connectivity index (χ2v) is 7.01. The van der Waals surface area contributed by atoms with Gasteiger partial charge in [-0.15, -0.1) is 0 Å². The number of hydrogen-bond acceptors (Lipinski definition) is 5. The number of morpholine rings is 1. The number of nitrogens with one attached hydrogen (secondary N) is 1. The van der Waals surface area contributed by atoms with Gasteiger partial charge >= 0.3 is 0 Å². The zero-order valence-corrected chi connectivity index (χ0v) is 16.7. The first-order valence-corrected chi connectivity index (χ1v) is 9.85. The van der Waals surface area contributed by atoms with Gasteiger partial charge in [0.05, 0.1) is 31.2 Å². The third-order valence-electron chi connectivity index (χ3n) is 4.84. The number of aryl methyl sites for hydroxylation is 1. The molecule has 150 valence electrons. The third-order valence-corrected chi connectivity index (χ3v) is 4.84. The molecule has 0 aliphatic carbocycles. The summed E-state index contributed by atoms with van der Waals surface area (Å²) in [7, 11) is 0. The molecule has 2 aromatic carbocycles. The van der Waals surface area contributed by atoms with Crippen LogP contribution in [0, 0.1) is 6.92 Å². The van der Waals surface area contributed by atoms with Crippen LogP contribution in [0.3, 0.4) is 0 Å². The molecule has 2 aromatic rings. The van der Waals surface area contributed by atoms with Gasteiger partial charge in [-0.25, -0.2) is 0 Å². The number of carbonyl (C=O) groups is 1. The van der Waals surface area contributed by atoms with Crippen molar-refractivity contribution in [2.24, 2.45) is 0 Å². The number of benzene rings is 2. The van der Waals surface area contributed by atoms with Crippen LogP contribution >= 0.6 is 0 Å². The number of ether oxygens (including phenoxy) is 2. The number of anilines is 3. The Morgan fingerprint density at radius 1 is 1.25 bits per heavy atom. The van der Waals surface area contributed by atoms with E-state index < -0.39 is 0 Å². The molecule has 1 saturated heterocycles. The second-order valence-electron chi connectivity index (χ2n) is 7.01. The Labute approximate surface area is 166 Å². The fourth-order valence-corrected chi connectivity index (χ4v) is 3.19. The molecule has 3 rings (SSSR count). The highest BCUT2D eigenvalue weighted by Gasteiger charge is 2.17. The molecule has 28 heavy (non-hydrogen) atoms. The molecule has 6 nitrogen and oxygen atoms in total. The monoisotopic (exact) mass is 383 g/mol. The van der Waals surface area contributed by atoms with Gasteiger partial charge in [-0.3, -0.25) is 4.79 Å². The maximum Gasteiger partial charge on any atom is 0.255 e. The maximum absolute atomic E-state index is 12.8. The van der Waals surface area contributed by atoms with Crippen molar-refractivity contribution < 1.29 is 14.3 Å². The van der Waals surface area contributed by atoms with E-state index in [9.17, 15) is 4.79 Å². The van der Waals surface area contributed by atoms with Gasteiger partial charge in [0, 0.05) is 24.3 Å². The Morgan fingerprint density at radius 2 is 2.04 bits per heavy atom. The number of unbranched alkanes of at least 4 members (excludes halogenated alkanes) is 1. The Bertz CT molecular complexity index is 817. The Kier molecular flexibility index (Phi) is 6.76. The predicted molar refractivity (Wildman–Crippen MR) is 113 cm³/mol. The van der Waals surface area contributed by atoms with Crippen molar-refractivity contribution in [1.82, 2.24) is 0 Å². The summed E-state index contributed by atoms with van der Waals surface area (Å²) in [5.74, 6) is 0.547. The standard InChI is InChI=1S/C22H29N3O3/c1-3-4-10-28-18-7-5-6-17(14-18)22(26)24-20-15-21(19(23)13-16(20)2)25-8-11-27-12-9-25/h5-7,13-15H,3-4,8-12,23H2,1-2H3,(H,24,26). The molecule has 0 aromatic heterocycles. The number of nitrogen functional groups attached to an aromatic ring is 1. The van der Waals surface area contributed by atoms with Gasteiger partial charge in [-0.2, -0.15) is 0 Å². The van der Waals surface area contributed by atoms with E-state index in [1.54, 1.807) is 12.1 Å². The van der Waals surface area contributed by atoms with Crippen LogP contribution in [0.15, 0.2) is 36.4 Å². The topological polar surface area (TPSA) is 76.8 Å². The highest BCUT2D eigenvalue weighted by molar-refractivity contribution is 6.05. The molecule has 1 aliphatic rings. The first-order chi connectivity index (χ1) is 13.6.